The highest BCUT2D eigenvalue weighted by Crippen LogP contribution is 2.45. The lowest BCUT2D eigenvalue weighted by molar-refractivity contribution is -0.161. The molecule has 0 aromatic heterocycles. The van der Waals surface area contributed by atoms with Gasteiger partial charge in [-0.05, 0) is 37.5 Å². The third-order valence-electron chi connectivity index (χ3n) is 18.3. The number of aliphatic hydroxyl groups excluding tert-OH is 1. The van der Waals surface area contributed by atoms with E-state index in [0.717, 1.165) is 102 Å². The first kappa shape index (κ1) is 94.1. The molecule has 0 heterocycles. The van der Waals surface area contributed by atoms with Crippen molar-refractivity contribution < 1.29 is 80.2 Å². The van der Waals surface area contributed by atoms with E-state index in [1.54, 1.807) is 0 Å². The number of aliphatic hydroxyl groups is 1. The van der Waals surface area contributed by atoms with Gasteiger partial charge in [-0.1, -0.05) is 350 Å². The maximum atomic E-state index is 13.1. The highest BCUT2D eigenvalue weighted by atomic mass is 31.2. The fraction of sp³-hybridized carbons (Fsp3) is 0.948. The van der Waals surface area contributed by atoms with Crippen molar-refractivity contribution in [1.29, 1.82) is 0 Å². The van der Waals surface area contributed by atoms with Crippen molar-refractivity contribution in [3.63, 3.8) is 0 Å². The van der Waals surface area contributed by atoms with Crippen LogP contribution in [0.5, 0.6) is 0 Å². The summed E-state index contributed by atoms with van der Waals surface area (Å²) < 4.78 is 68.6. The van der Waals surface area contributed by atoms with Crippen molar-refractivity contribution in [1.82, 2.24) is 0 Å². The number of hydrogen-bond donors (Lipinski definition) is 3. The molecule has 0 fully saturated rings. The summed E-state index contributed by atoms with van der Waals surface area (Å²) in [6.07, 6.45) is 56.7. The van der Waals surface area contributed by atoms with Gasteiger partial charge in [0.1, 0.15) is 19.3 Å². The second-order valence-corrected chi connectivity index (χ2v) is 31.4. The maximum absolute atomic E-state index is 13.1. The largest absolute Gasteiger partial charge is 0.472 e. The third kappa shape index (κ3) is 69.2. The predicted molar refractivity (Wildman–Crippen MR) is 391 cm³/mol. The van der Waals surface area contributed by atoms with E-state index >= 15 is 0 Å². The second kappa shape index (κ2) is 68.8. The van der Waals surface area contributed by atoms with Gasteiger partial charge in [-0.25, -0.2) is 9.13 Å². The van der Waals surface area contributed by atoms with Crippen LogP contribution in [0, 0.1) is 11.8 Å². The van der Waals surface area contributed by atoms with Gasteiger partial charge in [0.15, 0.2) is 12.2 Å². The predicted octanol–water partition coefficient (Wildman–Crippen LogP) is 22.7. The molecule has 0 aromatic rings. The van der Waals surface area contributed by atoms with Crippen LogP contribution in [0.15, 0.2) is 0 Å². The van der Waals surface area contributed by atoms with E-state index in [1.807, 2.05) is 0 Å². The Balaban J connectivity index is 5.23. The summed E-state index contributed by atoms with van der Waals surface area (Å²) in [7, 11) is -9.91. The lowest BCUT2D eigenvalue weighted by Gasteiger charge is -2.21. The zero-order valence-corrected chi connectivity index (χ0v) is 64.5. The first-order chi connectivity index (χ1) is 46.4. The summed E-state index contributed by atoms with van der Waals surface area (Å²) in [4.78, 5) is 72.8. The number of phosphoric acid groups is 2. The van der Waals surface area contributed by atoms with Crippen LogP contribution in [0.1, 0.15) is 401 Å². The molecule has 17 nitrogen and oxygen atoms in total. The molecule has 0 aromatic carbocycles. The molecule has 0 spiro atoms. The van der Waals surface area contributed by atoms with Gasteiger partial charge in [0.25, 0.3) is 0 Å². The van der Waals surface area contributed by atoms with Crippen molar-refractivity contribution in [3.05, 3.63) is 0 Å². The van der Waals surface area contributed by atoms with E-state index in [-0.39, 0.29) is 25.7 Å². The fourth-order valence-electron chi connectivity index (χ4n) is 11.8. The van der Waals surface area contributed by atoms with Crippen LogP contribution < -0.4 is 0 Å². The molecule has 0 aliphatic heterocycles. The topological polar surface area (TPSA) is 237 Å². The van der Waals surface area contributed by atoms with Gasteiger partial charge in [-0.2, -0.15) is 0 Å². The molecule has 3 unspecified atom stereocenters. The number of hydrogen-bond acceptors (Lipinski definition) is 15. The number of unbranched alkanes of at least 4 members (excludes halogenated alkanes) is 45. The van der Waals surface area contributed by atoms with E-state index in [4.69, 9.17) is 37.0 Å². The van der Waals surface area contributed by atoms with Crippen LogP contribution in [0.4, 0.5) is 0 Å². The molecule has 0 aliphatic rings. The Morgan fingerprint density at radius 3 is 0.792 bits per heavy atom. The number of rotatable bonds is 76. The van der Waals surface area contributed by atoms with Crippen LogP contribution >= 0.6 is 15.6 Å². The van der Waals surface area contributed by atoms with Gasteiger partial charge in [0, 0.05) is 25.7 Å². The molecule has 19 heteroatoms. The summed E-state index contributed by atoms with van der Waals surface area (Å²) in [6.45, 7) is 9.65. The van der Waals surface area contributed by atoms with Gasteiger partial charge >= 0.3 is 39.5 Å². The number of esters is 4. The summed E-state index contributed by atoms with van der Waals surface area (Å²) in [6, 6.07) is 0. The molecule has 570 valence electrons. The van der Waals surface area contributed by atoms with Gasteiger partial charge in [0.2, 0.25) is 0 Å². The molecule has 96 heavy (non-hydrogen) atoms. The monoisotopic (exact) mass is 1410 g/mol. The number of ether oxygens (including phenoxy) is 4. The van der Waals surface area contributed by atoms with E-state index in [2.05, 4.69) is 41.5 Å². The van der Waals surface area contributed by atoms with E-state index in [0.29, 0.717) is 25.7 Å². The maximum Gasteiger partial charge on any atom is 0.472 e. The molecule has 0 amide bonds. The van der Waals surface area contributed by atoms with Crippen LogP contribution in [0.2, 0.25) is 0 Å². The summed E-state index contributed by atoms with van der Waals surface area (Å²) in [5, 5.41) is 10.6. The van der Waals surface area contributed by atoms with E-state index in [9.17, 15) is 43.2 Å². The fourth-order valence-corrected chi connectivity index (χ4v) is 13.4. The van der Waals surface area contributed by atoms with Gasteiger partial charge in [-0.3, -0.25) is 37.3 Å². The van der Waals surface area contributed by atoms with Crippen LogP contribution in [0.25, 0.3) is 0 Å². The third-order valence-corrected chi connectivity index (χ3v) is 20.2. The first-order valence-corrected chi connectivity index (χ1v) is 43.0. The molecule has 0 saturated heterocycles. The van der Waals surface area contributed by atoms with Crippen LogP contribution in [0.3, 0.4) is 0 Å². The first-order valence-electron chi connectivity index (χ1n) is 40.0. The molecule has 0 rings (SSSR count). The molecular formula is C77H150O17P2. The van der Waals surface area contributed by atoms with Crippen molar-refractivity contribution >= 4 is 39.5 Å². The van der Waals surface area contributed by atoms with Crippen molar-refractivity contribution in [2.75, 3.05) is 39.6 Å². The zero-order chi connectivity index (χ0) is 70.7. The number of phosphoric ester groups is 2. The number of carbonyl (C=O) groups is 4. The lowest BCUT2D eigenvalue weighted by Crippen LogP contribution is -2.30. The highest BCUT2D eigenvalue weighted by molar-refractivity contribution is 7.47. The average molecular weight is 1410 g/mol. The minimum absolute atomic E-state index is 0.107. The second-order valence-electron chi connectivity index (χ2n) is 28.5. The summed E-state index contributed by atoms with van der Waals surface area (Å²) in [5.74, 6) is -0.502. The van der Waals surface area contributed by atoms with Gasteiger partial charge in [-0.15, -0.1) is 0 Å². The molecule has 0 bridgehead atoms. The van der Waals surface area contributed by atoms with E-state index < -0.39 is 97.5 Å². The highest BCUT2D eigenvalue weighted by Gasteiger charge is 2.30. The molecule has 3 N–H and O–H groups in total. The SMILES string of the molecule is CCCCCCCCCCCCCCCCCC(=O)OC[C@H](COP(=O)(O)OC[C@@H](O)COP(=O)(O)OC[C@@H](COC(=O)CCCCCCCCCCC)OC(=O)CCCCCCCCCCCCCC(C)C)OC(=O)CCCCCCCCCCCCCCCCC(C)CC. The Morgan fingerprint density at radius 2 is 0.531 bits per heavy atom. The Kier molecular flexibility index (Phi) is 67.4. The molecule has 6 atom stereocenters. The molecule has 0 saturated carbocycles. The van der Waals surface area contributed by atoms with E-state index in [1.165, 1.54) is 218 Å². The molecule has 0 radical (unpaired) electrons. The standard InChI is InChI=1S/C77H150O17P2/c1-7-10-12-14-16-18-19-20-21-25-30-36-42-48-54-60-75(80)88-66-73(94-76(81)61-55-49-43-37-31-26-23-22-24-29-35-40-46-52-58-70(6)9-3)68-92-96(85,86)90-64-71(78)63-89-95(83,84)91-67-72(65-87-74(79)59-53-47-41-33-17-15-13-11-8-2)93-77(82)62-56-50-44-38-32-27-28-34-39-45-51-57-69(4)5/h69-73,78H,7-68H2,1-6H3,(H,83,84)(H,85,86)/t70?,71-,72+,73+/m0/s1. The van der Waals surface area contributed by atoms with Crippen molar-refractivity contribution in [2.24, 2.45) is 11.8 Å². The minimum atomic E-state index is -4.96. The lowest BCUT2D eigenvalue weighted by atomic mass is 9.99. The van der Waals surface area contributed by atoms with Crippen molar-refractivity contribution in [3.8, 4) is 0 Å². The Hall–Kier alpha value is -1.94. The smallest absolute Gasteiger partial charge is 0.462 e. The average Bonchev–Trinajstić information content (AvgIpc) is 1.45. The van der Waals surface area contributed by atoms with Gasteiger partial charge in [0.05, 0.1) is 26.4 Å². The molecular weight excluding hydrogens is 1260 g/mol. The minimum Gasteiger partial charge on any atom is -0.462 e. The van der Waals surface area contributed by atoms with Crippen LogP contribution in [-0.4, -0.2) is 96.7 Å². The zero-order valence-electron chi connectivity index (χ0n) is 62.7. The normalized spacial score (nSPS) is 14.3. The Morgan fingerprint density at radius 1 is 0.302 bits per heavy atom. The van der Waals surface area contributed by atoms with Crippen molar-refractivity contribution in [2.45, 2.75) is 419 Å². The summed E-state index contributed by atoms with van der Waals surface area (Å²) in [5.41, 5.74) is 0. The quantitative estimate of drug-likeness (QED) is 0.0222. The van der Waals surface area contributed by atoms with Crippen LogP contribution in [-0.2, 0) is 65.4 Å². The number of carbonyl (C=O) groups excluding carboxylic acids is 4. The summed E-state index contributed by atoms with van der Waals surface area (Å²) >= 11 is 0. The van der Waals surface area contributed by atoms with Gasteiger partial charge < -0.3 is 33.8 Å². The Bertz CT molecular complexity index is 1860. The molecule has 0 aliphatic carbocycles. The Labute approximate surface area is 588 Å².